The molecule has 1 N–H and O–H groups in total. The molecule has 0 aromatic rings. The van der Waals surface area contributed by atoms with E-state index in [0.717, 1.165) is 29.5 Å². The first-order chi connectivity index (χ1) is 5.95. The Morgan fingerprint density at radius 1 is 1.50 bits per heavy atom. The van der Waals surface area contributed by atoms with E-state index in [1.807, 2.05) is 6.21 Å². The van der Waals surface area contributed by atoms with Gasteiger partial charge in [0.15, 0.2) is 5.84 Å². The van der Waals surface area contributed by atoms with E-state index in [4.69, 9.17) is 0 Å². The van der Waals surface area contributed by atoms with Crippen LogP contribution in [0.4, 0.5) is 0 Å². The van der Waals surface area contributed by atoms with E-state index in [1.165, 1.54) is 4.91 Å². The van der Waals surface area contributed by atoms with Crippen molar-refractivity contribution in [3.63, 3.8) is 0 Å². The number of amidine groups is 1. The fourth-order valence-corrected chi connectivity index (χ4v) is 2.28. The van der Waals surface area contributed by atoms with Gasteiger partial charge in [-0.2, -0.15) is 5.10 Å². The molecule has 0 saturated heterocycles. The lowest BCUT2D eigenvalue weighted by Crippen LogP contribution is -2.24. The maximum Gasteiger partial charge on any atom is 0.163 e. The fraction of sp³-hybridized carbons (Fsp3) is 0.286. The molecular weight excluding hydrogens is 172 g/mol. The summed E-state index contributed by atoms with van der Waals surface area (Å²) in [5.74, 6) is 1.71. The molecule has 4 nitrogen and oxygen atoms in total. The lowest BCUT2D eigenvalue weighted by molar-refractivity contribution is 0.844. The summed E-state index contributed by atoms with van der Waals surface area (Å²) >= 11 is 1.74. The minimum Gasteiger partial charge on any atom is -0.304 e. The smallest absolute Gasteiger partial charge is 0.163 e. The summed E-state index contributed by atoms with van der Waals surface area (Å²) in [5.41, 5.74) is 5.12. The Balaban J connectivity index is 2.20. The van der Waals surface area contributed by atoms with Crippen LogP contribution in [0.25, 0.3) is 0 Å². The molecule has 3 heterocycles. The average Bonchev–Trinajstić information content (AvgIpc) is 2.62. The molecule has 0 radical (unpaired) electrons. The third-order valence-corrected chi connectivity index (χ3v) is 2.90. The van der Waals surface area contributed by atoms with Crippen molar-refractivity contribution in [2.24, 2.45) is 15.1 Å². The zero-order valence-electron chi connectivity index (χ0n) is 6.24. The van der Waals surface area contributed by atoms with Gasteiger partial charge in [-0.05, 0) is 0 Å². The standard InChI is InChI=1S/C7H6N4S/c1-4-5(2-10-9-1)11-7-6(4)12-3-8-7/h1,10H,2-3H2. The van der Waals surface area contributed by atoms with Gasteiger partial charge in [0.25, 0.3) is 0 Å². The minimum atomic E-state index is 0.731. The topological polar surface area (TPSA) is 49.1 Å². The summed E-state index contributed by atoms with van der Waals surface area (Å²) in [6.07, 6.45) is 1.83. The van der Waals surface area contributed by atoms with Crippen LogP contribution in [0.2, 0.25) is 0 Å². The van der Waals surface area contributed by atoms with Crippen LogP contribution in [-0.4, -0.2) is 30.2 Å². The molecule has 3 rings (SSSR count). The van der Waals surface area contributed by atoms with Gasteiger partial charge < -0.3 is 5.43 Å². The van der Waals surface area contributed by atoms with E-state index < -0.39 is 0 Å². The zero-order chi connectivity index (χ0) is 7.97. The van der Waals surface area contributed by atoms with Crippen molar-refractivity contribution in [2.75, 3.05) is 12.4 Å². The molecule has 0 atom stereocenters. The molecule has 0 amide bonds. The first-order valence-corrected chi connectivity index (χ1v) is 4.69. The van der Waals surface area contributed by atoms with Crippen LogP contribution < -0.4 is 5.43 Å². The van der Waals surface area contributed by atoms with Crippen molar-refractivity contribution in [1.29, 1.82) is 0 Å². The van der Waals surface area contributed by atoms with Gasteiger partial charge in [0, 0.05) is 5.57 Å². The van der Waals surface area contributed by atoms with Gasteiger partial charge in [-0.25, -0.2) is 4.99 Å². The number of hydrogen-bond donors (Lipinski definition) is 1. The van der Waals surface area contributed by atoms with Crippen molar-refractivity contribution >= 4 is 29.5 Å². The van der Waals surface area contributed by atoms with Crippen molar-refractivity contribution < 1.29 is 0 Å². The molecule has 12 heavy (non-hydrogen) atoms. The largest absolute Gasteiger partial charge is 0.304 e. The number of nitrogens with one attached hydrogen (secondary N) is 1. The molecule has 0 spiro atoms. The molecule has 0 saturated carbocycles. The lowest BCUT2D eigenvalue weighted by atomic mass is 10.2. The average molecular weight is 178 g/mol. The van der Waals surface area contributed by atoms with Crippen molar-refractivity contribution in [3.05, 3.63) is 10.5 Å². The highest BCUT2D eigenvalue weighted by Crippen LogP contribution is 2.32. The van der Waals surface area contributed by atoms with E-state index in [0.29, 0.717) is 0 Å². The van der Waals surface area contributed by atoms with Gasteiger partial charge in [0.2, 0.25) is 0 Å². The van der Waals surface area contributed by atoms with Crippen LogP contribution in [0.5, 0.6) is 0 Å². The van der Waals surface area contributed by atoms with Crippen LogP contribution >= 0.6 is 11.8 Å². The summed E-state index contributed by atoms with van der Waals surface area (Å²) in [7, 11) is 0. The molecular formula is C7H6N4S. The maximum atomic E-state index is 4.39. The van der Waals surface area contributed by atoms with Crippen LogP contribution in [0.3, 0.4) is 0 Å². The summed E-state index contributed by atoms with van der Waals surface area (Å²) in [5, 5.41) is 4.00. The van der Waals surface area contributed by atoms with Gasteiger partial charge in [0.05, 0.1) is 29.3 Å². The number of rotatable bonds is 0. The molecule has 0 unspecified atom stereocenters. The lowest BCUT2D eigenvalue weighted by Gasteiger charge is -2.07. The minimum absolute atomic E-state index is 0.731. The van der Waals surface area contributed by atoms with Gasteiger partial charge in [-0.1, -0.05) is 11.8 Å². The Labute approximate surface area is 73.6 Å². The van der Waals surface area contributed by atoms with E-state index in [2.05, 4.69) is 20.5 Å². The van der Waals surface area contributed by atoms with E-state index in [-0.39, 0.29) is 0 Å². The van der Waals surface area contributed by atoms with Crippen LogP contribution in [-0.2, 0) is 0 Å². The molecule has 0 aromatic carbocycles. The normalized spacial score (nSPS) is 24.7. The van der Waals surface area contributed by atoms with Crippen LogP contribution in [0.15, 0.2) is 25.6 Å². The highest BCUT2D eigenvalue weighted by molar-refractivity contribution is 8.04. The highest BCUT2D eigenvalue weighted by atomic mass is 32.2. The van der Waals surface area contributed by atoms with E-state index in [1.54, 1.807) is 11.8 Å². The monoisotopic (exact) mass is 178 g/mol. The molecule has 0 fully saturated rings. The molecule has 60 valence electrons. The second kappa shape index (κ2) is 2.20. The summed E-state index contributed by atoms with van der Waals surface area (Å²) in [6.45, 7) is 0.731. The first kappa shape index (κ1) is 6.42. The molecule has 3 aliphatic heterocycles. The Hall–Kier alpha value is -1.10. The zero-order valence-corrected chi connectivity index (χ0v) is 7.06. The van der Waals surface area contributed by atoms with Gasteiger partial charge in [-0.3, -0.25) is 4.99 Å². The number of aliphatic imine (C=N–C) groups is 2. The summed E-state index contributed by atoms with van der Waals surface area (Å²) < 4.78 is 0. The quantitative estimate of drug-likeness (QED) is 0.583. The SMILES string of the molecule is C1=NNCC2=NC3=NCSC3=C12. The van der Waals surface area contributed by atoms with Crippen molar-refractivity contribution in [3.8, 4) is 0 Å². The molecule has 0 aliphatic carbocycles. The van der Waals surface area contributed by atoms with Crippen molar-refractivity contribution in [2.45, 2.75) is 0 Å². The Kier molecular flexibility index (Phi) is 1.17. The number of hydrogen-bond acceptors (Lipinski definition) is 5. The van der Waals surface area contributed by atoms with E-state index >= 15 is 0 Å². The molecule has 3 aliphatic rings. The number of thioether (sulfide) groups is 1. The maximum absolute atomic E-state index is 4.39. The molecule has 0 aromatic heterocycles. The number of fused-ring (bicyclic) bond motifs is 2. The molecule has 5 heteroatoms. The molecule has 0 bridgehead atoms. The second-order valence-electron chi connectivity index (χ2n) is 2.65. The number of nitrogens with zero attached hydrogens (tertiary/aromatic N) is 3. The van der Waals surface area contributed by atoms with Crippen LogP contribution in [0.1, 0.15) is 0 Å². The Morgan fingerprint density at radius 2 is 2.50 bits per heavy atom. The Bertz CT molecular complexity index is 364. The van der Waals surface area contributed by atoms with Gasteiger partial charge in [-0.15, -0.1) is 0 Å². The third-order valence-electron chi connectivity index (χ3n) is 1.95. The van der Waals surface area contributed by atoms with E-state index in [9.17, 15) is 0 Å². The predicted octanol–water partition coefficient (Wildman–Crippen LogP) is 0.387. The van der Waals surface area contributed by atoms with Crippen LogP contribution in [0, 0.1) is 0 Å². The third kappa shape index (κ3) is 0.714. The van der Waals surface area contributed by atoms with Gasteiger partial charge in [0.1, 0.15) is 0 Å². The summed E-state index contributed by atoms with van der Waals surface area (Å²) in [4.78, 5) is 9.86. The highest BCUT2D eigenvalue weighted by Gasteiger charge is 2.28. The fourth-order valence-electron chi connectivity index (χ4n) is 1.40. The summed E-state index contributed by atoms with van der Waals surface area (Å²) in [6, 6.07) is 0. The number of hydrazone groups is 1. The van der Waals surface area contributed by atoms with Crippen molar-refractivity contribution in [1.82, 2.24) is 5.43 Å². The first-order valence-electron chi connectivity index (χ1n) is 3.71. The second-order valence-corrected chi connectivity index (χ2v) is 3.60. The Morgan fingerprint density at radius 3 is 3.50 bits per heavy atom. The predicted molar refractivity (Wildman–Crippen MR) is 50.8 cm³/mol. The van der Waals surface area contributed by atoms with Gasteiger partial charge >= 0.3 is 0 Å².